The van der Waals surface area contributed by atoms with E-state index in [1.165, 1.54) is 17.7 Å². The largest absolute Gasteiger partial charge is 0.396 e. The molecule has 3 heteroatoms. The minimum atomic E-state index is 0.316. The molecule has 2 rings (SSSR count). The molecule has 2 N–H and O–H groups in total. The van der Waals surface area contributed by atoms with Gasteiger partial charge in [-0.15, -0.1) is 0 Å². The average Bonchev–Trinajstić information content (AvgIpc) is 2.79. The van der Waals surface area contributed by atoms with E-state index in [9.17, 15) is 0 Å². The zero-order valence-corrected chi connectivity index (χ0v) is 10.5. The summed E-state index contributed by atoms with van der Waals surface area (Å²) in [5, 5.41) is 12.2. The molecule has 0 saturated carbocycles. The van der Waals surface area contributed by atoms with Crippen molar-refractivity contribution < 1.29 is 5.11 Å². The molecule has 17 heavy (non-hydrogen) atoms. The summed E-state index contributed by atoms with van der Waals surface area (Å²) >= 11 is 0. The summed E-state index contributed by atoms with van der Waals surface area (Å²) in [6.07, 6.45) is 2.14. The number of hydrogen-bond acceptors (Lipinski definition) is 3. The van der Waals surface area contributed by atoms with Crippen LogP contribution in [0.2, 0.25) is 0 Å². The van der Waals surface area contributed by atoms with Crippen molar-refractivity contribution in [2.75, 3.05) is 31.6 Å². The Balaban J connectivity index is 2.07. The number of aliphatic hydroxyl groups is 1. The van der Waals surface area contributed by atoms with E-state index in [4.69, 9.17) is 5.11 Å². The molecule has 3 nitrogen and oxygen atoms in total. The van der Waals surface area contributed by atoms with E-state index >= 15 is 0 Å². The Morgan fingerprint density at radius 3 is 3.00 bits per heavy atom. The van der Waals surface area contributed by atoms with E-state index in [0.717, 1.165) is 26.1 Å². The predicted molar refractivity (Wildman–Crippen MR) is 71.2 cm³/mol. The van der Waals surface area contributed by atoms with Crippen LogP contribution in [0, 0.1) is 5.92 Å². The third-order valence-corrected chi connectivity index (χ3v) is 3.52. The topological polar surface area (TPSA) is 35.5 Å². The van der Waals surface area contributed by atoms with Crippen molar-refractivity contribution in [2.24, 2.45) is 5.92 Å². The van der Waals surface area contributed by atoms with Gasteiger partial charge in [-0.05, 0) is 37.4 Å². The second-order valence-electron chi connectivity index (χ2n) is 4.77. The Morgan fingerprint density at radius 1 is 1.41 bits per heavy atom. The molecule has 1 aliphatic rings. The smallest absolute Gasteiger partial charge is 0.0434 e. The Kier molecular flexibility index (Phi) is 4.40. The van der Waals surface area contributed by atoms with Crippen LogP contribution in [0.1, 0.15) is 18.4 Å². The molecule has 0 aromatic heterocycles. The van der Waals surface area contributed by atoms with Crippen molar-refractivity contribution in [3.63, 3.8) is 0 Å². The number of hydrogen-bond donors (Lipinski definition) is 2. The Morgan fingerprint density at radius 2 is 2.24 bits per heavy atom. The molecule has 1 atom stereocenters. The number of aliphatic hydroxyl groups excluding tert-OH is 1. The molecular formula is C14H22N2O. The van der Waals surface area contributed by atoms with Crippen molar-refractivity contribution in [1.29, 1.82) is 0 Å². The van der Waals surface area contributed by atoms with Gasteiger partial charge < -0.3 is 15.3 Å². The molecular weight excluding hydrogens is 212 g/mol. The van der Waals surface area contributed by atoms with Crippen LogP contribution in [0.25, 0.3) is 0 Å². The lowest BCUT2D eigenvalue weighted by atomic mass is 10.1. The molecule has 0 aliphatic carbocycles. The molecule has 94 valence electrons. The van der Waals surface area contributed by atoms with E-state index < -0.39 is 0 Å². The van der Waals surface area contributed by atoms with Crippen LogP contribution in [0.15, 0.2) is 24.3 Å². The first-order valence-corrected chi connectivity index (χ1v) is 6.43. The van der Waals surface area contributed by atoms with Crippen LogP contribution in [-0.4, -0.2) is 31.9 Å². The van der Waals surface area contributed by atoms with Gasteiger partial charge >= 0.3 is 0 Å². The normalized spacial score (nSPS) is 19.9. The highest BCUT2D eigenvalue weighted by Crippen LogP contribution is 2.28. The second-order valence-corrected chi connectivity index (χ2v) is 4.77. The summed E-state index contributed by atoms with van der Waals surface area (Å²) in [7, 11) is 1.98. The predicted octanol–water partition coefficient (Wildman–Crippen LogP) is 1.61. The van der Waals surface area contributed by atoms with E-state index in [1.54, 1.807) is 0 Å². The minimum absolute atomic E-state index is 0.316. The number of para-hydroxylation sites is 1. The highest BCUT2D eigenvalue weighted by molar-refractivity contribution is 5.54. The quantitative estimate of drug-likeness (QED) is 0.812. The fourth-order valence-electron chi connectivity index (χ4n) is 2.63. The summed E-state index contributed by atoms with van der Waals surface area (Å²) in [5.74, 6) is 0.655. The molecule has 1 saturated heterocycles. The Bertz CT molecular complexity index is 354. The third-order valence-electron chi connectivity index (χ3n) is 3.52. The third kappa shape index (κ3) is 2.99. The van der Waals surface area contributed by atoms with E-state index in [-0.39, 0.29) is 0 Å². The number of benzene rings is 1. The van der Waals surface area contributed by atoms with Gasteiger partial charge in [0, 0.05) is 31.9 Å². The van der Waals surface area contributed by atoms with E-state index in [0.29, 0.717) is 12.5 Å². The first-order valence-electron chi connectivity index (χ1n) is 6.43. The SMILES string of the molecule is CNCc1ccccc1N1CCC(CCO)C1. The maximum absolute atomic E-state index is 8.99. The minimum Gasteiger partial charge on any atom is -0.396 e. The van der Waals surface area contributed by atoms with Crippen LogP contribution < -0.4 is 10.2 Å². The second kappa shape index (κ2) is 6.03. The highest BCUT2D eigenvalue weighted by atomic mass is 16.3. The van der Waals surface area contributed by atoms with Gasteiger partial charge in [0.05, 0.1) is 0 Å². The van der Waals surface area contributed by atoms with Gasteiger partial charge in [-0.1, -0.05) is 18.2 Å². The maximum atomic E-state index is 8.99. The Labute approximate surface area is 103 Å². The average molecular weight is 234 g/mol. The van der Waals surface area contributed by atoms with Crippen molar-refractivity contribution in [2.45, 2.75) is 19.4 Å². The molecule has 1 aromatic rings. The lowest BCUT2D eigenvalue weighted by Gasteiger charge is -2.22. The lowest BCUT2D eigenvalue weighted by Crippen LogP contribution is -2.22. The first kappa shape index (κ1) is 12.4. The van der Waals surface area contributed by atoms with Crippen LogP contribution in [0.5, 0.6) is 0 Å². The molecule has 1 fully saturated rings. The summed E-state index contributed by atoms with van der Waals surface area (Å²) < 4.78 is 0. The highest BCUT2D eigenvalue weighted by Gasteiger charge is 2.23. The molecule has 0 bridgehead atoms. The number of rotatable bonds is 5. The van der Waals surface area contributed by atoms with Gasteiger partial charge in [0.15, 0.2) is 0 Å². The summed E-state index contributed by atoms with van der Waals surface area (Å²) in [6, 6.07) is 8.59. The fourth-order valence-corrected chi connectivity index (χ4v) is 2.63. The zero-order valence-electron chi connectivity index (χ0n) is 10.5. The van der Waals surface area contributed by atoms with Gasteiger partial charge in [-0.2, -0.15) is 0 Å². The first-order chi connectivity index (χ1) is 8.35. The molecule has 0 spiro atoms. The summed E-state index contributed by atoms with van der Waals surface area (Å²) in [6.45, 7) is 3.43. The van der Waals surface area contributed by atoms with Crippen LogP contribution in [0.4, 0.5) is 5.69 Å². The van der Waals surface area contributed by atoms with Crippen LogP contribution in [0.3, 0.4) is 0 Å². The number of anilines is 1. The summed E-state index contributed by atoms with van der Waals surface area (Å²) in [5.41, 5.74) is 2.71. The van der Waals surface area contributed by atoms with Gasteiger partial charge in [0.25, 0.3) is 0 Å². The molecule has 0 radical (unpaired) electrons. The van der Waals surface area contributed by atoms with Crippen molar-refractivity contribution in [3.8, 4) is 0 Å². The van der Waals surface area contributed by atoms with Crippen molar-refractivity contribution in [3.05, 3.63) is 29.8 Å². The fraction of sp³-hybridized carbons (Fsp3) is 0.571. The molecule has 1 aromatic carbocycles. The number of nitrogens with one attached hydrogen (secondary N) is 1. The molecule has 1 aliphatic heterocycles. The Hall–Kier alpha value is -1.06. The van der Waals surface area contributed by atoms with Crippen molar-refractivity contribution >= 4 is 5.69 Å². The van der Waals surface area contributed by atoms with Crippen LogP contribution in [-0.2, 0) is 6.54 Å². The standard InChI is InChI=1S/C14H22N2O/c1-15-10-13-4-2-3-5-14(13)16-8-6-12(11-16)7-9-17/h2-5,12,15,17H,6-11H2,1H3. The molecule has 1 unspecified atom stereocenters. The van der Waals surface area contributed by atoms with Gasteiger partial charge in [0.1, 0.15) is 0 Å². The zero-order chi connectivity index (χ0) is 12.1. The van der Waals surface area contributed by atoms with Gasteiger partial charge in [-0.25, -0.2) is 0 Å². The number of nitrogens with zero attached hydrogens (tertiary/aromatic N) is 1. The van der Waals surface area contributed by atoms with Gasteiger partial charge in [0.2, 0.25) is 0 Å². The summed E-state index contributed by atoms with van der Waals surface area (Å²) in [4.78, 5) is 2.45. The van der Waals surface area contributed by atoms with Crippen molar-refractivity contribution in [1.82, 2.24) is 5.32 Å². The van der Waals surface area contributed by atoms with E-state index in [2.05, 4.69) is 34.5 Å². The lowest BCUT2D eigenvalue weighted by molar-refractivity contribution is 0.263. The van der Waals surface area contributed by atoms with Gasteiger partial charge in [-0.3, -0.25) is 0 Å². The maximum Gasteiger partial charge on any atom is 0.0434 e. The molecule has 0 amide bonds. The monoisotopic (exact) mass is 234 g/mol. The van der Waals surface area contributed by atoms with Crippen LogP contribution >= 0.6 is 0 Å². The molecule has 1 heterocycles. The van der Waals surface area contributed by atoms with E-state index in [1.807, 2.05) is 7.05 Å².